The van der Waals surface area contributed by atoms with E-state index >= 15 is 0 Å². The van der Waals surface area contributed by atoms with E-state index in [2.05, 4.69) is 68.4 Å². The molecule has 1 unspecified atom stereocenters. The molecule has 1 atom stereocenters. The van der Waals surface area contributed by atoms with Gasteiger partial charge in [-0.2, -0.15) is 5.70 Å². The maximum atomic E-state index is 4.63. The van der Waals surface area contributed by atoms with Crippen LogP contribution in [0.2, 0.25) is 0 Å². The van der Waals surface area contributed by atoms with Gasteiger partial charge in [0.1, 0.15) is 0 Å². The van der Waals surface area contributed by atoms with Crippen LogP contribution in [0.3, 0.4) is 0 Å². The Morgan fingerprint density at radius 1 is 1.35 bits per heavy atom. The molecule has 0 bridgehead atoms. The summed E-state index contributed by atoms with van der Waals surface area (Å²) in [4.78, 5) is 0. The Hall–Kier alpha value is 1.32. The van der Waals surface area contributed by atoms with E-state index in [0.717, 1.165) is 19.5 Å². The van der Waals surface area contributed by atoms with Gasteiger partial charge in [0.2, 0.25) is 0 Å². The summed E-state index contributed by atoms with van der Waals surface area (Å²) in [7, 11) is 0.0650. The second-order valence-corrected chi connectivity index (χ2v) is 27.6. The van der Waals surface area contributed by atoms with Gasteiger partial charge in [-0.25, -0.2) is 0 Å². The number of piperidine rings is 1. The summed E-state index contributed by atoms with van der Waals surface area (Å²) in [5, 5.41) is 9.07. The molecule has 0 radical (unpaired) electrons. The van der Waals surface area contributed by atoms with Crippen LogP contribution in [0.15, 0.2) is 23.9 Å². The molecule has 0 aromatic rings. The topological polar surface area (TPSA) is 28.2 Å². The quantitative estimate of drug-likeness (QED) is 0.366. The molecular weight excluding hydrogens is 491 g/mol. The van der Waals surface area contributed by atoms with Gasteiger partial charge < -0.3 is 10.6 Å². The number of allylic oxidation sites excluding steroid dienone is 3. The molecule has 5 heteroatoms. The van der Waals surface area contributed by atoms with E-state index in [-0.39, 0.29) is 10.1 Å². The number of hydrogen-bond acceptors (Lipinski definition) is 0. The van der Waals surface area contributed by atoms with Gasteiger partial charge in [-0.1, -0.05) is 44.3 Å². The zero-order valence-corrected chi connectivity index (χ0v) is 17.4. The van der Waals surface area contributed by atoms with Crippen LogP contribution < -0.4 is 0 Å². The number of rotatable bonds is 3. The molecular formula is C12H18I2N2Zn-2. The van der Waals surface area contributed by atoms with Gasteiger partial charge in [0.25, 0.3) is 0 Å². The molecule has 0 spiro atoms. The van der Waals surface area contributed by atoms with Crippen LogP contribution in [0.5, 0.6) is 0 Å². The fourth-order valence-electron chi connectivity index (χ4n) is 2.03. The molecule has 2 heterocycles. The van der Waals surface area contributed by atoms with Gasteiger partial charge in [0, 0.05) is 0 Å². The van der Waals surface area contributed by atoms with Gasteiger partial charge in [0.15, 0.2) is 0 Å². The molecule has 1 fully saturated rings. The van der Waals surface area contributed by atoms with Gasteiger partial charge in [0.05, 0.1) is 0 Å². The Labute approximate surface area is 134 Å². The van der Waals surface area contributed by atoms with Crippen molar-refractivity contribution in [2.75, 3.05) is 13.1 Å². The summed E-state index contributed by atoms with van der Waals surface area (Å²) in [5.41, 5.74) is 1.26. The molecule has 0 N–H and O–H groups in total. The Balaban J connectivity index is 0.000000437. The van der Waals surface area contributed by atoms with E-state index in [9.17, 15) is 0 Å². The number of hydrogen-bond donors (Lipinski definition) is 0. The van der Waals surface area contributed by atoms with E-state index in [1.807, 2.05) is 0 Å². The molecule has 2 aliphatic rings. The molecule has 0 aromatic heterocycles. The Morgan fingerprint density at radius 3 is 2.76 bits per heavy atom. The molecule has 2 aliphatic heterocycles. The summed E-state index contributed by atoms with van der Waals surface area (Å²) in [6, 6.07) is 0.616. The third-order valence-corrected chi connectivity index (χ3v) is 2.89. The van der Waals surface area contributed by atoms with Crippen molar-refractivity contribution in [1.29, 1.82) is 0 Å². The predicted molar refractivity (Wildman–Crippen MR) is 88.6 cm³/mol. The van der Waals surface area contributed by atoms with Crippen molar-refractivity contribution in [3.05, 3.63) is 34.6 Å². The van der Waals surface area contributed by atoms with E-state index in [0.29, 0.717) is 6.04 Å². The second-order valence-electron chi connectivity index (χ2n) is 4.12. The van der Waals surface area contributed by atoms with Crippen molar-refractivity contribution in [3.63, 3.8) is 0 Å². The summed E-state index contributed by atoms with van der Waals surface area (Å²) in [6.07, 6.45) is 12.6. The first-order chi connectivity index (χ1) is 8.36. The molecule has 94 valence electrons. The van der Waals surface area contributed by atoms with Crippen LogP contribution >= 0.6 is 39.5 Å². The standard InChI is InChI=1S/C12H18N2.2HI.Zn/c1-3-9-13-11(5-1)7-8-12-6-2-4-10-14-12;;;/h1,3,5,12H,2,4,6-10H2;2*1H;/q-2;;;+2/p-2. The molecule has 0 amide bonds. The van der Waals surface area contributed by atoms with Crippen molar-refractivity contribution in [1.82, 2.24) is 0 Å². The first-order valence-electron chi connectivity index (χ1n) is 6.18. The number of nitrogens with zero attached hydrogens (tertiary/aromatic N) is 2. The van der Waals surface area contributed by atoms with Crippen LogP contribution in [0, 0.1) is 0 Å². The summed E-state index contributed by atoms with van der Waals surface area (Å²) < 4.78 is 0. The van der Waals surface area contributed by atoms with E-state index in [4.69, 9.17) is 0 Å². The molecule has 2 rings (SSSR count). The Kier molecular flexibility index (Phi) is 10.8. The van der Waals surface area contributed by atoms with Gasteiger partial charge in [-0.15, -0.1) is 25.2 Å². The molecule has 0 aromatic carbocycles. The normalized spacial score (nSPS) is 22.7. The van der Waals surface area contributed by atoms with Gasteiger partial charge in [-0.05, 0) is 0 Å². The third-order valence-electron chi connectivity index (χ3n) is 2.89. The molecule has 17 heavy (non-hydrogen) atoms. The van der Waals surface area contributed by atoms with Crippen molar-refractivity contribution in [2.45, 2.75) is 38.1 Å². The second kappa shape index (κ2) is 11.2. The minimum atomic E-state index is 0.0650. The monoisotopic (exact) mass is 508 g/mol. The fourth-order valence-corrected chi connectivity index (χ4v) is 2.03. The zero-order chi connectivity index (χ0) is 12.3. The van der Waals surface area contributed by atoms with E-state index < -0.39 is 0 Å². The zero-order valence-electron chi connectivity index (χ0n) is 10.1. The molecule has 0 aliphatic carbocycles. The molecule has 2 nitrogen and oxygen atoms in total. The van der Waals surface area contributed by atoms with E-state index in [1.165, 1.54) is 31.4 Å². The minimum absolute atomic E-state index is 0.0650. The van der Waals surface area contributed by atoms with Gasteiger partial charge in [-0.3, -0.25) is 0 Å². The van der Waals surface area contributed by atoms with Crippen LogP contribution in [0.25, 0.3) is 10.6 Å². The van der Waals surface area contributed by atoms with Crippen LogP contribution in [0.4, 0.5) is 0 Å². The van der Waals surface area contributed by atoms with Crippen LogP contribution in [0.1, 0.15) is 32.1 Å². The van der Waals surface area contributed by atoms with Gasteiger partial charge >= 0.3 is 49.6 Å². The fraction of sp³-hybridized carbons (Fsp3) is 0.667. The van der Waals surface area contributed by atoms with Crippen molar-refractivity contribution >= 4 is 39.5 Å². The van der Waals surface area contributed by atoms with Crippen LogP contribution in [-0.4, -0.2) is 19.1 Å². The van der Waals surface area contributed by atoms with Crippen molar-refractivity contribution in [3.8, 4) is 0 Å². The van der Waals surface area contributed by atoms with E-state index in [1.54, 1.807) is 0 Å². The molecule has 0 saturated carbocycles. The predicted octanol–water partition coefficient (Wildman–Crippen LogP) is 5.29. The maximum absolute atomic E-state index is 4.63. The van der Waals surface area contributed by atoms with Crippen molar-refractivity contribution < 1.29 is 10.1 Å². The average molecular weight is 509 g/mol. The number of halogens is 2. The third kappa shape index (κ3) is 8.16. The summed E-state index contributed by atoms with van der Waals surface area (Å²) >= 11 is 4.93. The Morgan fingerprint density at radius 2 is 2.18 bits per heavy atom. The molecule has 1 saturated heterocycles. The van der Waals surface area contributed by atoms with Crippen molar-refractivity contribution in [2.24, 2.45) is 0 Å². The Bertz CT molecular complexity index is 251. The first kappa shape index (κ1) is 16.4. The first-order valence-corrected chi connectivity index (χ1v) is 24.3. The average Bonchev–Trinajstić information content (AvgIpc) is 2.40. The SMILES string of the molecule is C1=CC[N-]C(CCC2CCCC[N-]2)=C1.[I][Zn][I]. The summed E-state index contributed by atoms with van der Waals surface area (Å²) in [5.74, 6) is 0. The van der Waals surface area contributed by atoms with Crippen LogP contribution in [-0.2, 0) is 10.1 Å². The summed E-state index contributed by atoms with van der Waals surface area (Å²) in [6.45, 7) is 1.95.